The highest BCUT2D eigenvalue weighted by atomic mass is 16.3. The van der Waals surface area contributed by atoms with Crippen molar-refractivity contribution in [3.63, 3.8) is 0 Å². The summed E-state index contributed by atoms with van der Waals surface area (Å²) in [6.07, 6.45) is 5.66. The number of aromatic amines is 1. The van der Waals surface area contributed by atoms with E-state index in [1.807, 2.05) is 48.5 Å². The van der Waals surface area contributed by atoms with E-state index in [4.69, 9.17) is 0 Å². The van der Waals surface area contributed by atoms with Crippen LogP contribution in [0.2, 0.25) is 0 Å². The van der Waals surface area contributed by atoms with Crippen molar-refractivity contribution < 1.29 is 9.90 Å². The topological polar surface area (TPSA) is 102 Å². The number of amides is 1. The van der Waals surface area contributed by atoms with E-state index in [-0.39, 0.29) is 11.8 Å². The third-order valence-electron chi connectivity index (χ3n) is 7.53. The summed E-state index contributed by atoms with van der Waals surface area (Å²) in [4.78, 5) is 24.8. The second-order valence-electron chi connectivity index (χ2n) is 10.6. The van der Waals surface area contributed by atoms with Crippen LogP contribution in [0.5, 0.6) is 5.88 Å². The maximum Gasteiger partial charge on any atom is 0.258 e. The van der Waals surface area contributed by atoms with E-state index in [9.17, 15) is 9.90 Å². The Morgan fingerprint density at radius 1 is 1.00 bits per heavy atom. The second-order valence-corrected chi connectivity index (χ2v) is 10.6. The van der Waals surface area contributed by atoms with Gasteiger partial charge in [0.25, 0.3) is 5.91 Å². The van der Waals surface area contributed by atoms with Gasteiger partial charge in [-0.25, -0.2) is 0 Å². The quantitative estimate of drug-likeness (QED) is 0.250. The normalized spacial score (nSPS) is 14.2. The molecule has 0 spiro atoms. The van der Waals surface area contributed by atoms with Crippen LogP contribution in [0.15, 0.2) is 84.1 Å². The van der Waals surface area contributed by atoms with E-state index >= 15 is 0 Å². The van der Waals surface area contributed by atoms with Gasteiger partial charge in [-0.3, -0.25) is 14.5 Å². The number of aromatic nitrogens is 3. The van der Waals surface area contributed by atoms with E-state index in [2.05, 4.69) is 55.4 Å². The van der Waals surface area contributed by atoms with Gasteiger partial charge in [0.1, 0.15) is 0 Å². The van der Waals surface area contributed by atoms with Crippen LogP contribution in [-0.2, 0) is 13.5 Å². The number of likely N-dealkylation sites (N-methyl/N-ethyl adjacent to an activating group) is 1. The summed E-state index contributed by atoms with van der Waals surface area (Å²) in [5, 5.41) is 18.5. The Morgan fingerprint density at radius 2 is 1.73 bits per heavy atom. The van der Waals surface area contributed by atoms with Crippen LogP contribution in [0, 0.1) is 0 Å². The highest BCUT2D eigenvalue weighted by Crippen LogP contribution is 2.29. The standard InChI is InChI=1S/C32H33N7O2/c1-37-13-15-39(16-14-37)27-10-8-25(9-11-27)33-20-29-28-18-23(5-12-30(28)36-32(29)41)17-22-3-6-26(7-4-22)35-31(40)24-19-34-38(2)21-24/h3-12,18-21,36,41H,13-17H2,1-2H3,(H,35,40). The summed E-state index contributed by atoms with van der Waals surface area (Å²) in [6.45, 7) is 4.19. The molecule has 0 radical (unpaired) electrons. The largest absolute Gasteiger partial charge is 0.494 e. The Bertz CT molecular complexity index is 1690. The SMILES string of the molecule is CN1CCN(c2ccc(N=Cc3c(O)[nH]c4ccc(Cc5ccc(NC(=O)c6cnn(C)c6)cc5)cc34)cc2)CC1. The summed E-state index contributed by atoms with van der Waals surface area (Å²) in [7, 11) is 3.94. The molecule has 0 atom stereocenters. The lowest BCUT2D eigenvalue weighted by Gasteiger charge is -2.34. The highest BCUT2D eigenvalue weighted by molar-refractivity contribution is 6.04. The van der Waals surface area contributed by atoms with E-state index in [0.717, 1.165) is 59.6 Å². The number of nitrogens with one attached hydrogen (secondary N) is 2. The van der Waals surface area contributed by atoms with Crippen molar-refractivity contribution in [2.75, 3.05) is 43.4 Å². The fourth-order valence-electron chi connectivity index (χ4n) is 5.12. The fourth-order valence-corrected chi connectivity index (χ4v) is 5.12. The molecule has 1 aliphatic heterocycles. The number of aryl methyl sites for hydroxylation is 1. The van der Waals surface area contributed by atoms with E-state index in [1.54, 1.807) is 30.3 Å². The lowest BCUT2D eigenvalue weighted by molar-refractivity contribution is 0.102. The predicted molar refractivity (Wildman–Crippen MR) is 164 cm³/mol. The number of piperazine rings is 1. The number of fused-ring (bicyclic) bond motifs is 1. The molecule has 9 nitrogen and oxygen atoms in total. The zero-order valence-electron chi connectivity index (χ0n) is 23.2. The molecule has 6 rings (SSSR count). The maximum atomic E-state index is 12.4. The fraction of sp³-hybridized carbons (Fsp3) is 0.219. The molecule has 1 saturated heterocycles. The molecule has 208 valence electrons. The molecule has 0 bridgehead atoms. The Morgan fingerprint density at radius 3 is 2.44 bits per heavy atom. The summed E-state index contributed by atoms with van der Waals surface area (Å²) in [6, 6.07) is 22.2. The van der Waals surface area contributed by atoms with Gasteiger partial charge in [0.05, 0.1) is 23.0 Å². The van der Waals surface area contributed by atoms with Crippen LogP contribution < -0.4 is 10.2 Å². The molecule has 3 heterocycles. The van der Waals surface area contributed by atoms with Gasteiger partial charge in [-0.05, 0) is 73.1 Å². The third-order valence-corrected chi connectivity index (χ3v) is 7.53. The van der Waals surface area contributed by atoms with Crippen molar-refractivity contribution in [1.29, 1.82) is 0 Å². The number of carbonyl (C=O) groups excluding carboxylic acids is 1. The van der Waals surface area contributed by atoms with Crippen molar-refractivity contribution in [1.82, 2.24) is 19.7 Å². The molecule has 9 heteroatoms. The Labute approximate surface area is 238 Å². The van der Waals surface area contributed by atoms with Crippen LogP contribution in [0.25, 0.3) is 10.9 Å². The molecular formula is C32H33N7O2. The van der Waals surface area contributed by atoms with Gasteiger partial charge < -0.3 is 25.2 Å². The van der Waals surface area contributed by atoms with Gasteiger partial charge in [-0.15, -0.1) is 0 Å². The maximum absolute atomic E-state index is 12.4. The van der Waals surface area contributed by atoms with Crippen LogP contribution in [0.1, 0.15) is 27.0 Å². The van der Waals surface area contributed by atoms with Crippen LogP contribution in [0.3, 0.4) is 0 Å². The van der Waals surface area contributed by atoms with Crippen LogP contribution in [-0.4, -0.2) is 70.1 Å². The van der Waals surface area contributed by atoms with Crippen molar-refractivity contribution in [2.45, 2.75) is 6.42 Å². The summed E-state index contributed by atoms with van der Waals surface area (Å²) >= 11 is 0. The number of aromatic hydroxyl groups is 1. The molecule has 0 unspecified atom stereocenters. The first kappa shape index (κ1) is 26.3. The number of benzene rings is 3. The Kier molecular flexibility index (Phi) is 7.26. The molecule has 3 aromatic carbocycles. The van der Waals surface area contributed by atoms with E-state index in [0.29, 0.717) is 17.5 Å². The highest BCUT2D eigenvalue weighted by Gasteiger charge is 2.14. The molecule has 1 aliphatic rings. The number of anilines is 2. The van der Waals surface area contributed by atoms with Crippen molar-refractivity contribution in [2.24, 2.45) is 12.0 Å². The predicted octanol–water partition coefficient (Wildman–Crippen LogP) is 4.95. The number of aliphatic imine (C=N–C) groups is 1. The van der Waals surface area contributed by atoms with Gasteiger partial charge in [-0.2, -0.15) is 5.10 Å². The number of hydrogen-bond acceptors (Lipinski definition) is 6. The van der Waals surface area contributed by atoms with Gasteiger partial charge in [-0.1, -0.05) is 18.2 Å². The minimum absolute atomic E-state index is 0.101. The first-order valence-corrected chi connectivity index (χ1v) is 13.7. The van der Waals surface area contributed by atoms with E-state index < -0.39 is 0 Å². The smallest absolute Gasteiger partial charge is 0.258 e. The molecule has 5 aromatic rings. The van der Waals surface area contributed by atoms with Crippen LogP contribution >= 0.6 is 0 Å². The Balaban J connectivity index is 1.14. The number of hydrogen-bond donors (Lipinski definition) is 3. The lowest BCUT2D eigenvalue weighted by Crippen LogP contribution is -2.44. The van der Waals surface area contributed by atoms with Crippen molar-refractivity contribution in [3.05, 3.63) is 101 Å². The van der Waals surface area contributed by atoms with Gasteiger partial charge in [0.2, 0.25) is 0 Å². The minimum atomic E-state index is -0.191. The van der Waals surface area contributed by atoms with Gasteiger partial charge in [0.15, 0.2) is 5.88 Å². The summed E-state index contributed by atoms with van der Waals surface area (Å²) in [5.41, 5.74) is 7.02. The van der Waals surface area contributed by atoms with Crippen molar-refractivity contribution in [3.8, 4) is 5.88 Å². The molecule has 0 saturated carbocycles. The average Bonchev–Trinajstić information content (AvgIpc) is 3.55. The average molecular weight is 548 g/mol. The Hall–Kier alpha value is -4.89. The number of carbonyl (C=O) groups is 1. The summed E-state index contributed by atoms with van der Waals surface area (Å²) in [5.74, 6) is -0.0904. The molecule has 1 amide bonds. The summed E-state index contributed by atoms with van der Waals surface area (Å²) < 4.78 is 1.60. The van der Waals surface area contributed by atoms with Gasteiger partial charge in [0, 0.05) is 67.9 Å². The van der Waals surface area contributed by atoms with Gasteiger partial charge >= 0.3 is 0 Å². The molecule has 3 N–H and O–H groups in total. The monoisotopic (exact) mass is 547 g/mol. The third kappa shape index (κ3) is 6.00. The molecule has 2 aromatic heterocycles. The first-order chi connectivity index (χ1) is 19.9. The number of H-pyrrole nitrogens is 1. The zero-order chi connectivity index (χ0) is 28.3. The van der Waals surface area contributed by atoms with Crippen molar-refractivity contribution >= 4 is 40.1 Å². The molecule has 0 aliphatic carbocycles. The number of nitrogens with zero attached hydrogens (tertiary/aromatic N) is 5. The van der Waals surface area contributed by atoms with Crippen LogP contribution in [0.4, 0.5) is 17.1 Å². The lowest BCUT2D eigenvalue weighted by atomic mass is 10.0. The molecular weight excluding hydrogens is 514 g/mol. The molecule has 1 fully saturated rings. The zero-order valence-corrected chi connectivity index (χ0v) is 23.2. The second kappa shape index (κ2) is 11.3. The first-order valence-electron chi connectivity index (χ1n) is 13.7. The van der Waals surface area contributed by atoms with E-state index in [1.165, 1.54) is 5.69 Å². The minimum Gasteiger partial charge on any atom is -0.494 e. The molecule has 41 heavy (non-hydrogen) atoms. The number of rotatable bonds is 7.